The Bertz CT molecular complexity index is 841. The van der Waals surface area contributed by atoms with E-state index in [0.29, 0.717) is 12.3 Å². The number of amides is 1. The van der Waals surface area contributed by atoms with Gasteiger partial charge < -0.3 is 5.32 Å². The summed E-state index contributed by atoms with van der Waals surface area (Å²) in [6.45, 7) is 4.66. The second-order valence-corrected chi connectivity index (χ2v) is 6.79. The fourth-order valence-electron chi connectivity index (χ4n) is 2.57. The van der Waals surface area contributed by atoms with E-state index in [-0.39, 0.29) is 5.91 Å². The molecule has 0 fully saturated rings. The molecule has 0 saturated carbocycles. The van der Waals surface area contributed by atoms with Gasteiger partial charge in [-0.25, -0.2) is 4.98 Å². The van der Waals surface area contributed by atoms with Gasteiger partial charge in [0, 0.05) is 37.0 Å². The van der Waals surface area contributed by atoms with E-state index >= 15 is 0 Å². The molecule has 0 unspecified atom stereocenters. The molecule has 0 saturated heterocycles. The Labute approximate surface area is 151 Å². The molecule has 3 aromatic rings. The third kappa shape index (κ3) is 4.70. The second-order valence-electron chi connectivity index (χ2n) is 5.85. The van der Waals surface area contributed by atoms with Crippen molar-refractivity contribution in [3.05, 3.63) is 71.8 Å². The van der Waals surface area contributed by atoms with Gasteiger partial charge in [-0.1, -0.05) is 17.8 Å². The summed E-state index contributed by atoms with van der Waals surface area (Å²) < 4.78 is 2.01. The van der Waals surface area contributed by atoms with Crippen LogP contribution in [0.25, 0.3) is 5.69 Å². The van der Waals surface area contributed by atoms with E-state index in [1.807, 2.05) is 22.9 Å². The van der Waals surface area contributed by atoms with Crippen LogP contribution in [0.4, 0.5) is 0 Å². The predicted octanol–water partition coefficient (Wildman–Crippen LogP) is 3.29. The van der Waals surface area contributed by atoms with E-state index < -0.39 is 0 Å². The van der Waals surface area contributed by atoms with Gasteiger partial charge >= 0.3 is 0 Å². The molecule has 0 bridgehead atoms. The Morgan fingerprint density at radius 3 is 2.56 bits per heavy atom. The number of nitrogens with one attached hydrogen (secondary N) is 1. The zero-order valence-corrected chi connectivity index (χ0v) is 15.1. The van der Waals surface area contributed by atoms with Crippen molar-refractivity contribution in [2.75, 3.05) is 5.75 Å². The maximum Gasteiger partial charge on any atom is 0.230 e. The van der Waals surface area contributed by atoms with Crippen molar-refractivity contribution in [2.24, 2.45) is 0 Å². The molecule has 1 aromatic carbocycles. The lowest BCUT2D eigenvalue weighted by Crippen LogP contribution is -2.24. The first kappa shape index (κ1) is 17.2. The molecule has 0 spiro atoms. The molecule has 128 valence electrons. The Kier molecular flexibility index (Phi) is 5.50. The van der Waals surface area contributed by atoms with E-state index in [1.54, 1.807) is 18.6 Å². The largest absolute Gasteiger partial charge is 0.351 e. The first-order valence-electron chi connectivity index (χ1n) is 8.02. The van der Waals surface area contributed by atoms with Crippen LogP contribution in [0.15, 0.2) is 60.3 Å². The van der Waals surface area contributed by atoms with Crippen LogP contribution in [-0.4, -0.2) is 26.2 Å². The van der Waals surface area contributed by atoms with Gasteiger partial charge in [0.2, 0.25) is 5.91 Å². The average molecular weight is 352 g/mol. The monoisotopic (exact) mass is 352 g/mol. The number of imidazole rings is 1. The topological polar surface area (TPSA) is 59.8 Å². The SMILES string of the molecule is Cc1cc(C)cc(-n2ccnc2SCC(=O)NCc2ccncc2)c1. The first-order valence-corrected chi connectivity index (χ1v) is 9.01. The molecule has 0 aliphatic rings. The lowest BCUT2D eigenvalue weighted by Gasteiger charge is -2.10. The quantitative estimate of drug-likeness (QED) is 0.692. The predicted molar refractivity (Wildman–Crippen MR) is 99.8 cm³/mol. The van der Waals surface area contributed by atoms with Gasteiger partial charge in [0.15, 0.2) is 5.16 Å². The Morgan fingerprint density at radius 2 is 1.84 bits per heavy atom. The third-order valence-electron chi connectivity index (χ3n) is 3.66. The van der Waals surface area contributed by atoms with Crippen molar-refractivity contribution in [2.45, 2.75) is 25.5 Å². The summed E-state index contributed by atoms with van der Waals surface area (Å²) in [4.78, 5) is 20.4. The van der Waals surface area contributed by atoms with E-state index in [9.17, 15) is 4.79 Å². The van der Waals surface area contributed by atoms with Gasteiger partial charge in [-0.05, 0) is 54.8 Å². The number of benzene rings is 1. The molecule has 1 N–H and O–H groups in total. The van der Waals surface area contributed by atoms with Gasteiger partial charge in [0.25, 0.3) is 0 Å². The highest BCUT2D eigenvalue weighted by atomic mass is 32.2. The summed E-state index contributed by atoms with van der Waals surface area (Å²) in [5.41, 5.74) is 4.50. The average Bonchev–Trinajstić information content (AvgIpc) is 3.07. The number of thioether (sulfide) groups is 1. The van der Waals surface area contributed by atoms with Gasteiger partial charge in [-0.3, -0.25) is 14.3 Å². The van der Waals surface area contributed by atoms with Crippen LogP contribution in [-0.2, 0) is 11.3 Å². The summed E-state index contributed by atoms with van der Waals surface area (Å²) >= 11 is 1.43. The van der Waals surface area contributed by atoms with Gasteiger partial charge in [-0.15, -0.1) is 0 Å². The molecular formula is C19H20N4OS. The second kappa shape index (κ2) is 7.98. The number of hydrogen-bond donors (Lipinski definition) is 1. The van der Waals surface area contributed by atoms with Crippen LogP contribution in [0, 0.1) is 13.8 Å². The number of pyridine rings is 1. The van der Waals surface area contributed by atoms with Crippen LogP contribution >= 0.6 is 11.8 Å². The highest BCUT2D eigenvalue weighted by molar-refractivity contribution is 7.99. The number of aromatic nitrogens is 3. The molecular weight excluding hydrogens is 332 g/mol. The fourth-order valence-corrected chi connectivity index (χ4v) is 3.37. The summed E-state index contributed by atoms with van der Waals surface area (Å²) in [5.74, 6) is 0.309. The number of aryl methyl sites for hydroxylation is 2. The van der Waals surface area contributed by atoms with Crippen molar-refractivity contribution in [3.8, 4) is 5.69 Å². The highest BCUT2D eigenvalue weighted by Gasteiger charge is 2.09. The molecule has 2 aromatic heterocycles. The van der Waals surface area contributed by atoms with Crippen molar-refractivity contribution in [1.29, 1.82) is 0 Å². The van der Waals surface area contributed by atoms with Gasteiger partial charge in [0.05, 0.1) is 5.75 Å². The van der Waals surface area contributed by atoms with E-state index in [4.69, 9.17) is 0 Å². The van der Waals surface area contributed by atoms with Crippen LogP contribution in [0.2, 0.25) is 0 Å². The minimum Gasteiger partial charge on any atom is -0.351 e. The normalized spacial score (nSPS) is 10.6. The smallest absolute Gasteiger partial charge is 0.230 e. The van der Waals surface area contributed by atoms with E-state index in [0.717, 1.165) is 16.4 Å². The number of carbonyl (C=O) groups is 1. The standard InChI is InChI=1S/C19H20N4OS/c1-14-9-15(2)11-17(10-14)23-8-7-21-19(23)25-13-18(24)22-12-16-3-5-20-6-4-16/h3-11H,12-13H2,1-2H3,(H,22,24). The Balaban J connectivity index is 1.60. The van der Waals surface area contributed by atoms with Crippen LogP contribution < -0.4 is 5.32 Å². The fraction of sp³-hybridized carbons (Fsp3) is 0.211. The number of hydrogen-bond acceptors (Lipinski definition) is 4. The van der Waals surface area contributed by atoms with Crippen LogP contribution in [0.1, 0.15) is 16.7 Å². The molecule has 1 amide bonds. The highest BCUT2D eigenvalue weighted by Crippen LogP contribution is 2.22. The van der Waals surface area contributed by atoms with Gasteiger partial charge in [-0.2, -0.15) is 0 Å². The molecule has 2 heterocycles. The molecule has 0 aliphatic carbocycles. The van der Waals surface area contributed by atoms with Crippen molar-refractivity contribution >= 4 is 17.7 Å². The molecule has 6 heteroatoms. The van der Waals surface area contributed by atoms with Crippen LogP contribution in [0.5, 0.6) is 0 Å². The third-order valence-corrected chi connectivity index (χ3v) is 4.63. The minimum absolute atomic E-state index is 0.0169. The van der Waals surface area contributed by atoms with Crippen molar-refractivity contribution in [3.63, 3.8) is 0 Å². The lowest BCUT2D eigenvalue weighted by atomic mass is 10.1. The number of nitrogens with zero attached hydrogens (tertiary/aromatic N) is 3. The summed E-state index contributed by atoms with van der Waals surface area (Å²) in [7, 11) is 0. The summed E-state index contributed by atoms with van der Waals surface area (Å²) in [5, 5.41) is 3.72. The molecule has 5 nitrogen and oxygen atoms in total. The zero-order valence-electron chi connectivity index (χ0n) is 14.3. The lowest BCUT2D eigenvalue weighted by molar-refractivity contribution is -0.118. The molecule has 3 rings (SSSR count). The maximum atomic E-state index is 12.1. The maximum absolute atomic E-state index is 12.1. The zero-order chi connectivity index (χ0) is 17.6. The number of carbonyl (C=O) groups excluding carboxylic acids is 1. The van der Waals surface area contributed by atoms with Crippen molar-refractivity contribution in [1.82, 2.24) is 19.9 Å². The van der Waals surface area contributed by atoms with Gasteiger partial charge in [0.1, 0.15) is 0 Å². The Hall–Kier alpha value is -2.60. The Morgan fingerprint density at radius 1 is 1.12 bits per heavy atom. The number of rotatable bonds is 6. The van der Waals surface area contributed by atoms with E-state index in [1.165, 1.54) is 22.9 Å². The first-order chi connectivity index (χ1) is 12.1. The van der Waals surface area contributed by atoms with E-state index in [2.05, 4.69) is 47.3 Å². The summed E-state index contributed by atoms with van der Waals surface area (Å²) in [6, 6.07) is 10.1. The molecule has 0 atom stereocenters. The molecule has 0 radical (unpaired) electrons. The minimum atomic E-state index is -0.0169. The van der Waals surface area contributed by atoms with Crippen molar-refractivity contribution < 1.29 is 4.79 Å². The molecule has 0 aliphatic heterocycles. The summed E-state index contributed by atoms with van der Waals surface area (Å²) in [6.07, 6.45) is 7.12. The molecule has 25 heavy (non-hydrogen) atoms. The van der Waals surface area contributed by atoms with Crippen LogP contribution in [0.3, 0.4) is 0 Å².